The third kappa shape index (κ3) is 5.94. The monoisotopic (exact) mass is 589 g/mol. The molecule has 0 radical (unpaired) electrons. The Morgan fingerprint density at radius 1 is 0.756 bits per heavy atom. The highest BCUT2D eigenvalue weighted by Gasteiger charge is 2.53. The van der Waals surface area contributed by atoms with Gasteiger partial charge in [-0.2, -0.15) is 0 Å². The first-order valence-corrected chi connectivity index (χ1v) is 14.6. The normalized spacial score (nSPS) is 20.7. The average molecular weight is 589 g/mol. The lowest BCUT2D eigenvalue weighted by Crippen LogP contribution is -2.41. The van der Waals surface area contributed by atoms with E-state index in [1.54, 1.807) is 0 Å². The van der Waals surface area contributed by atoms with E-state index in [0.29, 0.717) is 0 Å². The lowest BCUT2D eigenvalue weighted by Gasteiger charge is -2.32. The van der Waals surface area contributed by atoms with Crippen molar-refractivity contribution in [2.45, 2.75) is 87.6 Å². The van der Waals surface area contributed by atoms with Gasteiger partial charge in [-0.25, -0.2) is 12.8 Å². The summed E-state index contributed by atoms with van der Waals surface area (Å²) in [6.45, 7) is 13.9. The molecule has 220 valence electrons. The van der Waals surface area contributed by atoms with Crippen LogP contribution in [0.5, 0.6) is 0 Å². The fourth-order valence-corrected chi connectivity index (χ4v) is 5.68. The Morgan fingerprint density at radius 3 is 1.61 bits per heavy atom. The second kappa shape index (κ2) is 10.2. The number of carboxylic acid groups (broad SMARTS) is 1. The number of aliphatic carboxylic acids is 1. The Morgan fingerprint density at radius 2 is 1.17 bits per heavy atom. The molecule has 0 bridgehead atoms. The number of carbonyl (C=O) groups is 2. The summed E-state index contributed by atoms with van der Waals surface area (Å²) < 4.78 is 66.8. The number of rotatable bonds is 7. The van der Waals surface area contributed by atoms with Crippen LogP contribution in [0, 0.1) is 5.82 Å². The molecule has 14 heteroatoms. The molecule has 41 heavy (non-hydrogen) atoms. The van der Waals surface area contributed by atoms with Gasteiger partial charge >= 0.3 is 20.2 Å². The van der Waals surface area contributed by atoms with Crippen molar-refractivity contribution >= 4 is 46.9 Å². The Hall–Kier alpha value is -2.77. The lowest BCUT2D eigenvalue weighted by molar-refractivity contribution is -0.135. The van der Waals surface area contributed by atoms with E-state index in [4.69, 9.17) is 23.7 Å². The number of benzene rings is 2. The molecule has 2 aliphatic heterocycles. The maximum absolute atomic E-state index is 14.9. The van der Waals surface area contributed by atoms with Crippen LogP contribution in [0.2, 0.25) is 0 Å². The zero-order chi connectivity index (χ0) is 30.8. The second-order valence-corrected chi connectivity index (χ2v) is 14.2. The third-order valence-electron chi connectivity index (χ3n) is 8.16. The van der Waals surface area contributed by atoms with Crippen LogP contribution in [-0.4, -0.2) is 68.6 Å². The molecule has 4 rings (SSSR count). The molecule has 2 heterocycles. The fraction of sp³-hybridized carbons (Fsp3) is 0.481. The number of carbonyl (C=O) groups excluding carboxylic acids is 1. The van der Waals surface area contributed by atoms with E-state index < -0.39 is 70.7 Å². The molecule has 2 aromatic rings. The first kappa shape index (κ1) is 31.2. The highest BCUT2D eigenvalue weighted by Crippen LogP contribution is 2.38. The summed E-state index contributed by atoms with van der Waals surface area (Å²) in [5.41, 5.74) is -2.76. The van der Waals surface area contributed by atoms with Crippen LogP contribution in [0.25, 0.3) is 0 Å². The SMILES string of the molecule is CC1(C)OB(c2cc(F)cc(S(=O)(=O)c3cc(B4OC(C)(C)C(C)(C)O4)cc(C(=O)NCC(=O)O)c3)c2)OC1(C)C. The molecule has 2 saturated heterocycles. The van der Waals surface area contributed by atoms with Gasteiger partial charge in [0, 0.05) is 5.56 Å². The number of hydrogen-bond donors (Lipinski definition) is 2. The Labute approximate surface area is 240 Å². The van der Waals surface area contributed by atoms with Gasteiger partial charge in [0.2, 0.25) is 9.84 Å². The van der Waals surface area contributed by atoms with Crippen molar-refractivity contribution in [1.29, 1.82) is 0 Å². The topological polar surface area (TPSA) is 137 Å². The van der Waals surface area contributed by atoms with Crippen LogP contribution in [0.1, 0.15) is 65.7 Å². The molecule has 0 spiro atoms. The van der Waals surface area contributed by atoms with Crippen LogP contribution in [0.3, 0.4) is 0 Å². The largest absolute Gasteiger partial charge is 0.494 e. The molecule has 2 aromatic carbocycles. The van der Waals surface area contributed by atoms with E-state index in [1.807, 2.05) is 55.4 Å². The van der Waals surface area contributed by atoms with Gasteiger partial charge in [-0.15, -0.1) is 0 Å². The summed E-state index contributed by atoms with van der Waals surface area (Å²) in [6, 6.07) is 7.06. The minimum Gasteiger partial charge on any atom is -0.480 e. The molecule has 2 fully saturated rings. The molecule has 10 nitrogen and oxygen atoms in total. The van der Waals surface area contributed by atoms with Gasteiger partial charge in [-0.3, -0.25) is 9.59 Å². The molecule has 0 atom stereocenters. The number of nitrogens with one attached hydrogen (secondary N) is 1. The van der Waals surface area contributed by atoms with Crippen molar-refractivity contribution in [2.75, 3.05) is 6.54 Å². The van der Waals surface area contributed by atoms with Crippen LogP contribution in [-0.2, 0) is 33.2 Å². The number of carboxylic acids is 1. The van der Waals surface area contributed by atoms with Crippen LogP contribution in [0.4, 0.5) is 4.39 Å². The third-order valence-corrected chi connectivity index (χ3v) is 9.87. The Balaban J connectivity index is 1.80. The lowest BCUT2D eigenvalue weighted by atomic mass is 9.78. The molecular weight excluding hydrogens is 555 g/mol. The molecule has 2 aliphatic rings. The standard InChI is InChI=1S/C27H34B2FNO9S/c1-24(2)25(3,4)38-28(37-24)17-9-16(23(34)31-15-22(32)33)10-20(12-17)41(35,36)21-13-18(11-19(30)14-21)29-39-26(5,6)27(7,8)40-29/h9-14H,15H2,1-8H3,(H,31,34)(H,32,33). The molecule has 2 N–H and O–H groups in total. The number of hydrogen-bond acceptors (Lipinski definition) is 8. The molecule has 0 unspecified atom stereocenters. The van der Waals surface area contributed by atoms with Crippen molar-refractivity contribution in [1.82, 2.24) is 5.32 Å². The molecule has 0 aromatic heterocycles. The molecule has 0 aliphatic carbocycles. The summed E-state index contributed by atoms with van der Waals surface area (Å²) in [7, 11) is -6.48. The van der Waals surface area contributed by atoms with Crippen molar-refractivity contribution in [3.8, 4) is 0 Å². The fourth-order valence-electron chi connectivity index (χ4n) is 4.27. The van der Waals surface area contributed by atoms with Gasteiger partial charge in [0.15, 0.2) is 0 Å². The van der Waals surface area contributed by atoms with Gasteiger partial charge in [-0.05, 0) is 103 Å². The predicted octanol–water partition coefficient (Wildman–Crippen LogP) is 2.07. The van der Waals surface area contributed by atoms with Gasteiger partial charge in [0.25, 0.3) is 5.91 Å². The summed E-state index contributed by atoms with van der Waals surface area (Å²) in [6.07, 6.45) is 0. The smallest absolute Gasteiger partial charge is 0.480 e. The molecular formula is C27H34B2FNO9S. The Bertz CT molecular complexity index is 1480. The summed E-state index contributed by atoms with van der Waals surface area (Å²) in [4.78, 5) is 23.1. The van der Waals surface area contributed by atoms with Crippen LogP contribution < -0.4 is 16.2 Å². The van der Waals surface area contributed by atoms with Crippen LogP contribution >= 0.6 is 0 Å². The second-order valence-electron chi connectivity index (χ2n) is 12.3. The zero-order valence-electron chi connectivity index (χ0n) is 24.3. The zero-order valence-corrected chi connectivity index (χ0v) is 25.1. The van der Waals surface area contributed by atoms with Crippen molar-refractivity contribution in [3.05, 3.63) is 47.8 Å². The van der Waals surface area contributed by atoms with Gasteiger partial charge in [-0.1, -0.05) is 0 Å². The Kier molecular flexibility index (Phi) is 7.75. The van der Waals surface area contributed by atoms with Crippen molar-refractivity contribution < 1.29 is 46.1 Å². The molecule has 0 saturated carbocycles. The summed E-state index contributed by atoms with van der Waals surface area (Å²) in [5, 5.41) is 11.2. The maximum Gasteiger partial charge on any atom is 0.494 e. The first-order valence-electron chi connectivity index (χ1n) is 13.1. The van der Waals surface area contributed by atoms with Crippen LogP contribution in [0.15, 0.2) is 46.2 Å². The van der Waals surface area contributed by atoms with E-state index in [9.17, 15) is 22.4 Å². The van der Waals surface area contributed by atoms with Crippen molar-refractivity contribution in [2.24, 2.45) is 0 Å². The van der Waals surface area contributed by atoms with Gasteiger partial charge in [0.1, 0.15) is 12.4 Å². The van der Waals surface area contributed by atoms with E-state index in [-0.39, 0.29) is 26.3 Å². The first-order chi connectivity index (χ1) is 18.6. The maximum atomic E-state index is 14.9. The minimum atomic E-state index is -4.43. The predicted molar refractivity (Wildman–Crippen MR) is 150 cm³/mol. The van der Waals surface area contributed by atoms with E-state index in [0.717, 1.165) is 18.2 Å². The summed E-state index contributed by atoms with van der Waals surface area (Å²) in [5.74, 6) is -2.92. The summed E-state index contributed by atoms with van der Waals surface area (Å²) >= 11 is 0. The van der Waals surface area contributed by atoms with Gasteiger partial charge in [0.05, 0.1) is 32.2 Å². The van der Waals surface area contributed by atoms with Crippen molar-refractivity contribution in [3.63, 3.8) is 0 Å². The highest BCUT2D eigenvalue weighted by molar-refractivity contribution is 7.91. The van der Waals surface area contributed by atoms with E-state index >= 15 is 0 Å². The van der Waals surface area contributed by atoms with E-state index in [2.05, 4.69) is 5.32 Å². The average Bonchev–Trinajstić information content (AvgIpc) is 3.21. The number of halogens is 1. The minimum absolute atomic E-state index is 0.139. The molecule has 1 amide bonds. The quantitative estimate of drug-likeness (QED) is 0.465. The number of sulfone groups is 1. The number of amides is 1. The highest BCUT2D eigenvalue weighted by atomic mass is 32.2. The van der Waals surface area contributed by atoms with E-state index in [1.165, 1.54) is 18.2 Å². The van der Waals surface area contributed by atoms with Gasteiger partial charge < -0.3 is 29.0 Å².